The maximum absolute atomic E-state index is 12.9. The summed E-state index contributed by atoms with van der Waals surface area (Å²) in [6.45, 7) is 2.25. The molecule has 0 saturated carbocycles. The Morgan fingerprint density at radius 1 is 1.21 bits per heavy atom. The Labute approximate surface area is 166 Å². The van der Waals surface area contributed by atoms with Crippen LogP contribution in [0.2, 0.25) is 0 Å². The Hall–Kier alpha value is -2.86. The van der Waals surface area contributed by atoms with E-state index >= 15 is 0 Å². The van der Waals surface area contributed by atoms with Crippen molar-refractivity contribution in [2.45, 2.75) is 25.0 Å². The summed E-state index contributed by atoms with van der Waals surface area (Å²) in [5.41, 5.74) is 1.67. The summed E-state index contributed by atoms with van der Waals surface area (Å²) in [7, 11) is 5.62. The molecule has 0 bridgehead atoms. The first kappa shape index (κ1) is 19.9. The second-order valence-corrected chi connectivity index (χ2v) is 7.34. The van der Waals surface area contributed by atoms with Gasteiger partial charge in [0.05, 0.1) is 18.9 Å². The fraction of sp³-hybridized carbons (Fsp3) is 0.364. The van der Waals surface area contributed by atoms with E-state index in [0.29, 0.717) is 24.4 Å². The van der Waals surface area contributed by atoms with Gasteiger partial charge in [-0.05, 0) is 38.7 Å². The molecule has 0 fully saturated rings. The maximum Gasteiger partial charge on any atom is 0.267 e. The quantitative estimate of drug-likeness (QED) is 0.801. The van der Waals surface area contributed by atoms with E-state index in [-0.39, 0.29) is 11.9 Å². The first-order valence-electron chi connectivity index (χ1n) is 9.33. The fourth-order valence-corrected chi connectivity index (χ4v) is 3.34. The second-order valence-electron chi connectivity index (χ2n) is 7.34. The zero-order chi connectivity index (χ0) is 20.1. The molecular formula is C22H27N3O3. The van der Waals surface area contributed by atoms with Gasteiger partial charge in [0.25, 0.3) is 5.91 Å². The highest BCUT2D eigenvalue weighted by atomic mass is 16.7. The number of hydrogen-bond acceptors (Lipinski definition) is 5. The van der Waals surface area contributed by atoms with E-state index < -0.39 is 5.60 Å². The number of carbonyl (C=O) groups is 1. The Morgan fingerprint density at radius 2 is 1.89 bits per heavy atom. The lowest BCUT2D eigenvalue weighted by Crippen LogP contribution is -2.47. The van der Waals surface area contributed by atoms with Crippen LogP contribution in [0.4, 0.5) is 0 Å². The fourth-order valence-electron chi connectivity index (χ4n) is 3.34. The van der Waals surface area contributed by atoms with Crippen molar-refractivity contribution in [1.29, 1.82) is 0 Å². The lowest BCUT2D eigenvalue weighted by molar-refractivity contribution is -0.141. The van der Waals surface area contributed by atoms with Crippen molar-refractivity contribution < 1.29 is 14.4 Å². The first-order chi connectivity index (χ1) is 13.4. The van der Waals surface area contributed by atoms with E-state index in [1.165, 1.54) is 0 Å². The molecule has 1 N–H and O–H groups in total. The largest absolute Gasteiger partial charge is 0.496 e. The first-order valence-corrected chi connectivity index (χ1v) is 9.33. The molecule has 6 heteroatoms. The van der Waals surface area contributed by atoms with Crippen molar-refractivity contribution in [3.05, 3.63) is 65.7 Å². The summed E-state index contributed by atoms with van der Waals surface area (Å²) < 4.78 is 5.40. The Bertz CT molecular complexity index is 851. The monoisotopic (exact) mass is 381 g/mol. The number of likely N-dealkylation sites (N-methyl/N-ethyl adjacent to an activating group) is 1. The molecule has 6 nitrogen and oxygen atoms in total. The third-order valence-corrected chi connectivity index (χ3v) is 5.02. The molecule has 0 aliphatic carbocycles. The van der Waals surface area contributed by atoms with Crippen LogP contribution in [-0.2, 0) is 9.63 Å². The number of nitrogens with one attached hydrogen (secondary N) is 1. The average molecular weight is 381 g/mol. The van der Waals surface area contributed by atoms with Crippen LogP contribution < -0.4 is 10.1 Å². The van der Waals surface area contributed by atoms with E-state index in [9.17, 15) is 4.79 Å². The number of oxime groups is 1. The number of carbonyl (C=O) groups excluding carboxylic acids is 1. The predicted molar refractivity (Wildman–Crippen MR) is 110 cm³/mol. The van der Waals surface area contributed by atoms with Gasteiger partial charge in [0, 0.05) is 18.5 Å². The van der Waals surface area contributed by atoms with Gasteiger partial charge in [-0.2, -0.15) is 0 Å². The number of para-hydroxylation sites is 1. The van der Waals surface area contributed by atoms with Crippen LogP contribution in [0.15, 0.2) is 59.8 Å². The highest BCUT2D eigenvalue weighted by Gasteiger charge is 2.42. The van der Waals surface area contributed by atoms with Crippen LogP contribution >= 0.6 is 0 Å². The average Bonchev–Trinajstić information content (AvgIpc) is 3.12. The number of methoxy groups -OCH3 is 1. The third kappa shape index (κ3) is 4.17. The van der Waals surface area contributed by atoms with Gasteiger partial charge in [-0.25, -0.2) is 0 Å². The molecule has 0 spiro atoms. The summed E-state index contributed by atoms with van der Waals surface area (Å²) >= 11 is 0. The van der Waals surface area contributed by atoms with Crippen LogP contribution in [0, 0.1) is 0 Å². The van der Waals surface area contributed by atoms with Crippen molar-refractivity contribution in [3.8, 4) is 5.75 Å². The molecule has 0 radical (unpaired) electrons. The van der Waals surface area contributed by atoms with Gasteiger partial charge in [-0.1, -0.05) is 47.6 Å². The maximum atomic E-state index is 12.9. The normalized spacial score (nSPS) is 19.7. The molecule has 1 heterocycles. The lowest BCUT2D eigenvalue weighted by atomic mass is 9.94. The zero-order valence-electron chi connectivity index (χ0n) is 16.8. The molecule has 2 atom stereocenters. The second kappa shape index (κ2) is 8.44. The zero-order valence-corrected chi connectivity index (χ0v) is 16.8. The van der Waals surface area contributed by atoms with Crippen LogP contribution in [-0.4, -0.2) is 49.9 Å². The topological polar surface area (TPSA) is 63.2 Å². The van der Waals surface area contributed by atoms with Crippen molar-refractivity contribution in [3.63, 3.8) is 0 Å². The Kier molecular flexibility index (Phi) is 5.99. The van der Waals surface area contributed by atoms with Gasteiger partial charge >= 0.3 is 0 Å². The van der Waals surface area contributed by atoms with Crippen molar-refractivity contribution in [2.24, 2.45) is 5.16 Å². The third-order valence-electron chi connectivity index (χ3n) is 5.02. The van der Waals surface area contributed by atoms with Gasteiger partial charge in [-0.3, -0.25) is 4.79 Å². The molecule has 1 aliphatic heterocycles. The molecule has 148 valence electrons. The van der Waals surface area contributed by atoms with Crippen molar-refractivity contribution in [2.75, 3.05) is 27.7 Å². The van der Waals surface area contributed by atoms with E-state index in [2.05, 4.69) is 27.5 Å². The van der Waals surface area contributed by atoms with Crippen molar-refractivity contribution in [1.82, 2.24) is 10.2 Å². The predicted octanol–water partition coefficient (Wildman–Crippen LogP) is 3.00. The standard InChI is InChI=1S/C22H27N3O3/c1-22(14-18(24-28-22)17-12-8-9-13-20(17)27-4)21(26)23-15-19(25(2)3)16-10-6-5-7-11-16/h5-13,19H,14-15H2,1-4H3,(H,23,26)/t19-,22+/m0/s1. The van der Waals surface area contributed by atoms with Gasteiger partial charge in [-0.15, -0.1) is 0 Å². The van der Waals surface area contributed by atoms with Gasteiger partial charge < -0.3 is 19.8 Å². The SMILES string of the molecule is COc1ccccc1C1=NO[C@@](C)(C(=O)NC[C@@H](c2ccccc2)N(C)C)C1. The lowest BCUT2D eigenvalue weighted by Gasteiger charge is -2.27. The van der Waals surface area contributed by atoms with E-state index in [4.69, 9.17) is 9.57 Å². The minimum absolute atomic E-state index is 0.0739. The molecule has 2 aromatic rings. The highest BCUT2D eigenvalue weighted by molar-refractivity contribution is 6.07. The molecule has 0 saturated heterocycles. The number of amides is 1. The number of benzene rings is 2. The van der Waals surface area contributed by atoms with E-state index in [0.717, 1.165) is 11.1 Å². The van der Waals surface area contributed by atoms with Crippen LogP contribution in [0.5, 0.6) is 5.75 Å². The molecule has 0 aromatic heterocycles. The van der Waals surface area contributed by atoms with Crippen LogP contribution in [0.25, 0.3) is 0 Å². The van der Waals surface area contributed by atoms with Gasteiger partial charge in [0.15, 0.2) is 0 Å². The molecule has 1 aliphatic rings. The van der Waals surface area contributed by atoms with E-state index in [1.807, 2.05) is 56.6 Å². The number of ether oxygens (including phenoxy) is 1. The number of rotatable bonds is 7. The Morgan fingerprint density at radius 3 is 2.57 bits per heavy atom. The number of nitrogens with zero attached hydrogens (tertiary/aromatic N) is 2. The Balaban J connectivity index is 1.66. The smallest absolute Gasteiger partial charge is 0.267 e. The molecule has 2 aromatic carbocycles. The van der Waals surface area contributed by atoms with Crippen LogP contribution in [0.3, 0.4) is 0 Å². The van der Waals surface area contributed by atoms with Gasteiger partial charge in [0.2, 0.25) is 5.60 Å². The molecular weight excluding hydrogens is 354 g/mol. The summed E-state index contributed by atoms with van der Waals surface area (Å²) in [6.07, 6.45) is 0.386. The molecule has 28 heavy (non-hydrogen) atoms. The summed E-state index contributed by atoms with van der Waals surface area (Å²) in [5.74, 6) is 0.537. The molecule has 0 unspecified atom stereocenters. The van der Waals surface area contributed by atoms with Crippen LogP contribution in [0.1, 0.15) is 30.5 Å². The molecule has 1 amide bonds. The molecule has 3 rings (SSSR count). The number of hydrogen-bond donors (Lipinski definition) is 1. The summed E-state index contributed by atoms with van der Waals surface area (Å²) in [5, 5.41) is 7.21. The minimum Gasteiger partial charge on any atom is -0.496 e. The van der Waals surface area contributed by atoms with Crippen molar-refractivity contribution >= 4 is 11.6 Å². The summed E-state index contributed by atoms with van der Waals surface area (Å²) in [6, 6.07) is 17.8. The van der Waals surface area contributed by atoms with Gasteiger partial charge in [0.1, 0.15) is 5.75 Å². The summed E-state index contributed by atoms with van der Waals surface area (Å²) in [4.78, 5) is 20.6. The highest BCUT2D eigenvalue weighted by Crippen LogP contribution is 2.30. The van der Waals surface area contributed by atoms with E-state index in [1.54, 1.807) is 14.0 Å². The minimum atomic E-state index is -1.04.